The van der Waals surface area contributed by atoms with Crippen molar-refractivity contribution in [3.63, 3.8) is 0 Å². The number of hydrogen-bond donors (Lipinski definition) is 2. The lowest BCUT2D eigenvalue weighted by atomic mass is 10.0. The van der Waals surface area contributed by atoms with E-state index in [0.717, 1.165) is 51.8 Å². The molecular weight excluding hydrogens is 252 g/mol. The Hall–Kier alpha value is -0.810. The Balaban J connectivity index is 2.46. The third kappa shape index (κ3) is 6.57. The fourth-order valence-corrected chi connectivity index (χ4v) is 2.53. The molecule has 0 amide bonds. The highest BCUT2D eigenvalue weighted by Gasteiger charge is 2.21. The van der Waals surface area contributed by atoms with Crippen molar-refractivity contribution in [2.75, 3.05) is 46.4 Å². The highest BCUT2D eigenvalue weighted by molar-refractivity contribution is 5.79. The Morgan fingerprint density at radius 2 is 1.95 bits per heavy atom. The molecule has 1 saturated heterocycles. The molecular formula is C15H32N4O. The van der Waals surface area contributed by atoms with Gasteiger partial charge < -0.3 is 15.4 Å². The summed E-state index contributed by atoms with van der Waals surface area (Å²) in [6, 6.07) is 0.555. The van der Waals surface area contributed by atoms with Gasteiger partial charge in [0.1, 0.15) is 0 Å². The van der Waals surface area contributed by atoms with Crippen LogP contribution < -0.4 is 10.6 Å². The van der Waals surface area contributed by atoms with Crippen molar-refractivity contribution in [1.29, 1.82) is 0 Å². The Bertz CT molecular complexity index is 275. The highest BCUT2D eigenvalue weighted by atomic mass is 16.5. The zero-order valence-corrected chi connectivity index (χ0v) is 13.6. The van der Waals surface area contributed by atoms with Gasteiger partial charge in [-0.2, -0.15) is 0 Å². The molecule has 1 unspecified atom stereocenters. The standard InChI is InChI=1S/C15H32N4O/c1-5-6-17-15(16-4)18-12-14(11-13(2)3)19-7-9-20-10-8-19/h13-14H,5-12H2,1-4H3,(H2,16,17,18). The maximum atomic E-state index is 5.46. The molecule has 20 heavy (non-hydrogen) atoms. The van der Waals surface area contributed by atoms with E-state index in [-0.39, 0.29) is 0 Å². The van der Waals surface area contributed by atoms with Gasteiger partial charge in [0.05, 0.1) is 13.2 Å². The summed E-state index contributed by atoms with van der Waals surface area (Å²) < 4.78 is 5.46. The fraction of sp³-hybridized carbons (Fsp3) is 0.933. The number of rotatable bonds is 7. The van der Waals surface area contributed by atoms with E-state index in [1.54, 1.807) is 0 Å². The highest BCUT2D eigenvalue weighted by Crippen LogP contribution is 2.12. The zero-order valence-electron chi connectivity index (χ0n) is 13.6. The van der Waals surface area contributed by atoms with E-state index >= 15 is 0 Å². The first-order valence-corrected chi connectivity index (χ1v) is 7.93. The van der Waals surface area contributed by atoms with Crippen molar-refractivity contribution in [3.05, 3.63) is 0 Å². The summed E-state index contributed by atoms with van der Waals surface area (Å²) in [4.78, 5) is 6.82. The Morgan fingerprint density at radius 1 is 1.25 bits per heavy atom. The third-order valence-electron chi connectivity index (χ3n) is 3.58. The van der Waals surface area contributed by atoms with Gasteiger partial charge in [0, 0.05) is 39.3 Å². The van der Waals surface area contributed by atoms with Crippen molar-refractivity contribution >= 4 is 5.96 Å². The first-order chi connectivity index (χ1) is 9.67. The molecule has 0 bridgehead atoms. The minimum absolute atomic E-state index is 0.555. The van der Waals surface area contributed by atoms with Crippen LogP contribution >= 0.6 is 0 Å². The largest absolute Gasteiger partial charge is 0.379 e. The summed E-state index contributed by atoms with van der Waals surface area (Å²) in [5.41, 5.74) is 0. The molecule has 0 aromatic rings. The second-order valence-corrected chi connectivity index (χ2v) is 5.81. The summed E-state index contributed by atoms with van der Waals surface area (Å²) in [5, 5.41) is 6.79. The molecule has 0 aromatic heterocycles. The van der Waals surface area contributed by atoms with Crippen LogP contribution in [0.2, 0.25) is 0 Å². The van der Waals surface area contributed by atoms with Crippen LogP contribution in [0.3, 0.4) is 0 Å². The summed E-state index contributed by atoms with van der Waals surface area (Å²) in [7, 11) is 1.83. The van der Waals surface area contributed by atoms with E-state index in [4.69, 9.17) is 4.74 Å². The molecule has 0 aromatic carbocycles. The fourth-order valence-electron chi connectivity index (χ4n) is 2.53. The van der Waals surface area contributed by atoms with E-state index in [1.807, 2.05) is 7.05 Å². The van der Waals surface area contributed by atoms with Crippen molar-refractivity contribution in [1.82, 2.24) is 15.5 Å². The topological polar surface area (TPSA) is 48.9 Å². The number of ether oxygens (including phenoxy) is 1. The van der Waals surface area contributed by atoms with Gasteiger partial charge in [-0.05, 0) is 18.8 Å². The summed E-state index contributed by atoms with van der Waals surface area (Å²) in [6.07, 6.45) is 2.32. The van der Waals surface area contributed by atoms with Gasteiger partial charge in [-0.15, -0.1) is 0 Å². The molecule has 0 aliphatic carbocycles. The van der Waals surface area contributed by atoms with Crippen LogP contribution in [0.1, 0.15) is 33.6 Å². The molecule has 1 fully saturated rings. The molecule has 1 aliphatic rings. The molecule has 1 aliphatic heterocycles. The van der Waals surface area contributed by atoms with E-state index in [1.165, 1.54) is 6.42 Å². The molecule has 2 N–H and O–H groups in total. The lowest BCUT2D eigenvalue weighted by Crippen LogP contribution is -2.51. The molecule has 5 heteroatoms. The van der Waals surface area contributed by atoms with Gasteiger partial charge in [-0.1, -0.05) is 20.8 Å². The average molecular weight is 284 g/mol. The minimum atomic E-state index is 0.555. The van der Waals surface area contributed by atoms with E-state index in [2.05, 4.69) is 41.3 Å². The van der Waals surface area contributed by atoms with Crippen LogP contribution in [0.25, 0.3) is 0 Å². The van der Waals surface area contributed by atoms with Gasteiger partial charge in [-0.25, -0.2) is 0 Å². The quantitative estimate of drug-likeness (QED) is 0.547. The van der Waals surface area contributed by atoms with E-state index < -0.39 is 0 Å². The minimum Gasteiger partial charge on any atom is -0.379 e. The molecule has 1 atom stereocenters. The van der Waals surface area contributed by atoms with E-state index in [9.17, 15) is 0 Å². The normalized spacial score (nSPS) is 19.1. The van der Waals surface area contributed by atoms with Crippen LogP contribution in [0, 0.1) is 5.92 Å². The third-order valence-corrected chi connectivity index (χ3v) is 3.58. The lowest BCUT2D eigenvalue weighted by Gasteiger charge is -2.35. The van der Waals surface area contributed by atoms with Crippen molar-refractivity contribution in [2.45, 2.75) is 39.7 Å². The van der Waals surface area contributed by atoms with Crippen LogP contribution in [0.5, 0.6) is 0 Å². The molecule has 118 valence electrons. The van der Waals surface area contributed by atoms with Crippen molar-refractivity contribution < 1.29 is 4.74 Å². The second kappa shape index (κ2) is 10.00. The van der Waals surface area contributed by atoms with Gasteiger partial charge in [0.15, 0.2) is 5.96 Å². The number of guanidine groups is 1. The summed E-state index contributed by atoms with van der Waals surface area (Å²) >= 11 is 0. The number of morpholine rings is 1. The molecule has 1 heterocycles. The Labute approximate surface area is 124 Å². The SMILES string of the molecule is CCCNC(=NC)NCC(CC(C)C)N1CCOCC1. The smallest absolute Gasteiger partial charge is 0.191 e. The number of nitrogens with zero attached hydrogens (tertiary/aromatic N) is 2. The number of hydrogen-bond acceptors (Lipinski definition) is 3. The van der Waals surface area contributed by atoms with E-state index in [0.29, 0.717) is 12.0 Å². The van der Waals surface area contributed by atoms with Crippen molar-refractivity contribution in [3.8, 4) is 0 Å². The van der Waals surface area contributed by atoms with Gasteiger partial charge >= 0.3 is 0 Å². The number of aliphatic imine (C=N–C) groups is 1. The van der Waals surface area contributed by atoms with Gasteiger partial charge in [0.2, 0.25) is 0 Å². The molecule has 0 spiro atoms. The maximum absolute atomic E-state index is 5.46. The van der Waals surface area contributed by atoms with Gasteiger partial charge in [0.25, 0.3) is 0 Å². The van der Waals surface area contributed by atoms with Gasteiger partial charge in [-0.3, -0.25) is 9.89 Å². The van der Waals surface area contributed by atoms with Crippen molar-refractivity contribution in [2.24, 2.45) is 10.9 Å². The predicted octanol–water partition coefficient (Wildman–Crippen LogP) is 1.31. The first-order valence-electron chi connectivity index (χ1n) is 7.93. The zero-order chi connectivity index (χ0) is 14.8. The molecule has 5 nitrogen and oxygen atoms in total. The van der Waals surface area contributed by atoms with Crippen LogP contribution in [-0.4, -0.2) is 63.3 Å². The summed E-state index contributed by atoms with van der Waals surface area (Å²) in [6.45, 7) is 12.5. The van der Waals surface area contributed by atoms with Crippen LogP contribution in [0.15, 0.2) is 4.99 Å². The molecule has 1 rings (SSSR count). The summed E-state index contributed by atoms with van der Waals surface area (Å²) in [5.74, 6) is 1.61. The molecule has 0 saturated carbocycles. The maximum Gasteiger partial charge on any atom is 0.191 e. The van der Waals surface area contributed by atoms with Crippen LogP contribution in [-0.2, 0) is 4.74 Å². The average Bonchev–Trinajstić information content (AvgIpc) is 2.46. The number of nitrogens with one attached hydrogen (secondary N) is 2. The second-order valence-electron chi connectivity index (χ2n) is 5.81. The first kappa shape index (κ1) is 17.2. The Kier molecular flexibility index (Phi) is 8.62. The Morgan fingerprint density at radius 3 is 2.50 bits per heavy atom. The monoisotopic (exact) mass is 284 g/mol. The van der Waals surface area contributed by atoms with Crippen LogP contribution in [0.4, 0.5) is 0 Å². The lowest BCUT2D eigenvalue weighted by molar-refractivity contribution is 0.0132. The predicted molar refractivity (Wildman–Crippen MR) is 85.3 cm³/mol. The molecule has 0 radical (unpaired) electrons.